The molecule has 1 unspecified atom stereocenters. The van der Waals surface area contributed by atoms with Gasteiger partial charge < -0.3 is 10.2 Å². The van der Waals surface area contributed by atoms with Gasteiger partial charge >= 0.3 is 0 Å². The molecule has 0 saturated carbocycles. The van der Waals surface area contributed by atoms with Crippen LogP contribution in [0.2, 0.25) is 10.0 Å². The average molecular weight is 619 g/mol. The van der Waals surface area contributed by atoms with Crippen LogP contribution in [0.15, 0.2) is 72.8 Å². The van der Waals surface area contributed by atoms with E-state index in [0.29, 0.717) is 28.7 Å². The number of nitrogens with one attached hydrogen (secondary N) is 1. The summed E-state index contributed by atoms with van der Waals surface area (Å²) >= 11 is 12.4. The first kappa shape index (κ1) is 32.4. The van der Waals surface area contributed by atoms with Crippen LogP contribution >= 0.6 is 23.2 Å². The van der Waals surface area contributed by atoms with E-state index in [1.807, 2.05) is 50.2 Å². The molecule has 0 spiro atoms. The van der Waals surface area contributed by atoms with E-state index in [4.69, 9.17) is 23.2 Å². The Morgan fingerprint density at radius 2 is 1.61 bits per heavy atom. The van der Waals surface area contributed by atoms with Gasteiger partial charge in [0.2, 0.25) is 21.8 Å². The summed E-state index contributed by atoms with van der Waals surface area (Å²) in [4.78, 5) is 28.9. The third-order valence-corrected chi connectivity index (χ3v) is 8.30. The van der Waals surface area contributed by atoms with Crippen molar-refractivity contribution in [2.75, 3.05) is 23.7 Å². The largest absolute Gasteiger partial charge is 0.354 e. The number of rotatable bonds is 14. The molecule has 1 atom stereocenters. The quantitative estimate of drug-likeness (QED) is 0.240. The zero-order chi connectivity index (χ0) is 30.0. The van der Waals surface area contributed by atoms with Crippen molar-refractivity contribution in [1.82, 2.24) is 10.2 Å². The Hall–Kier alpha value is -3.07. The van der Waals surface area contributed by atoms with Crippen LogP contribution in [0.4, 0.5) is 5.69 Å². The van der Waals surface area contributed by atoms with Crippen LogP contribution in [0.3, 0.4) is 0 Å². The van der Waals surface area contributed by atoms with Crippen molar-refractivity contribution in [2.45, 2.75) is 52.1 Å². The van der Waals surface area contributed by atoms with Crippen LogP contribution in [-0.4, -0.2) is 50.5 Å². The Morgan fingerprint density at radius 1 is 0.927 bits per heavy atom. The van der Waals surface area contributed by atoms with Gasteiger partial charge in [0, 0.05) is 42.5 Å². The molecule has 10 heteroatoms. The number of nitrogens with zero attached hydrogens (tertiary/aromatic N) is 2. The molecule has 0 aliphatic carbocycles. The van der Waals surface area contributed by atoms with E-state index in [2.05, 4.69) is 5.32 Å². The van der Waals surface area contributed by atoms with E-state index < -0.39 is 16.1 Å². The summed E-state index contributed by atoms with van der Waals surface area (Å²) < 4.78 is 26.7. The van der Waals surface area contributed by atoms with Crippen LogP contribution in [0, 0.1) is 6.92 Å². The number of carbonyl (C=O) groups excluding carboxylic acids is 2. The fraction of sp³-hybridized carbons (Fsp3) is 0.355. The number of aryl methyl sites for hydroxylation is 1. The van der Waals surface area contributed by atoms with Gasteiger partial charge in [0.15, 0.2) is 0 Å². The molecule has 0 bridgehead atoms. The second-order valence-corrected chi connectivity index (χ2v) is 12.8. The van der Waals surface area contributed by atoms with Gasteiger partial charge in [-0.3, -0.25) is 13.9 Å². The molecule has 0 saturated heterocycles. The Kier molecular flexibility index (Phi) is 12.1. The summed E-state index contributed by atoms with van der Waals surface area (Å²) in [5, 5.41) is 3.91. The van der Waals surface area contributed by atoms with Gasteiger partial charge in [0.25, 0.3) is 0 Å². The lowest BCUT2D eigenvalue weighted by Gasteiger charge is -2.32. The summed E-state index contributed by atoms with van der Waals surface area (Å²) in [6, 6.07) is 21.1. The number of hydrogen-bond acceptors (Lipinski definition) is 4. The van der Waals surface area contributed by atoms with Crippen LogP contribution in [0.25, 0.3) is 0 Å². The molecule has 0 fully saturated rings. The molecule has 41 heavy (non-hydrogen) atoms. The monoisotopic (exact) mass is 617 g/mol. The maximum atomic E-state index is 13.9. The van der Waals surface area contributed by atoms with E-state index in [1.165, 1.54) is 4.31 Å². The minimum Gasteiger partial charge on any atom is -0.354 e. The normalized spacial score (nSPS) is 12.0. The SMILES string of the molecule is CCCNC(=O)C(Cc1ccccc1)N(Cc1cccc(Cl)c1)C(=O)CCCN(c1cc(Cl)ccc1C)S(C)(=O)=O. The minimum absolute atomic E-state index is 0.0402. The summed E-state index contributed by atoms with van der Waals surface area (Å²) in [5.74, 6) is -0.493. The fourth-order valence-corrected chi connectivity index (χ4v) is 5.98. The van der Waals surface area contributed by atoms with Crippen molar-refractivity contribution in [2.24, 2.45) is 0 Å². The lowest BCUT2D eigenvalue weighted by molar-refractivity contribution is -0.141. The first-order valence-electron chi connectivity index (χ1n) is 13.6. The number of anilines is 1. The number of carbonyl (C=O) groups is 2. The molecule has 0 aliphatic heterocycles. The van der Waals surface area contributed by atoms with Crippen LogP contribution < -0.4 is 9.62 Å². The number of benzene rings is 3. The smallest absolute Gasteiger partial charge is 0.243 e. The summed E-state index contributed by atoms with van der Waals surface area (Å²) in [6.45, 7) is 4.54. The number of sulfonamides is 1. The fourth-order valence-electron chi connectivity index (χ4n) is 4.59. The zero-order valence-corrected chi connectivity index (χ0v) is 26.0. The second kappa shape index (κ2) is 15.2. The summed E-state index contributed by atoms with van der Waals surface area (Å²) in [5.41, 5.74) is 2.95. The van der Waals surface area contributed by atoms with Crippen LogP contribution in [0.5, 0.6) is 0 Å². The zero-order valence-electron chi connectivity index (χ0n) is 23.6. The summed E-state index contributed by atoms with van der Waals surface area (Å²) in [7, 11) is -3.64. The second-order valence-electron chi connectivity index (χ2n) is 10.0. The van der Waals surface area contributed by atoms with E-state index in [0.717, 1.165) is 29.4 Å². The number of halogens is 2. The molecule has 220 valence electrons. The molecule has 3 aromatic rings. The van der Waals surface area contributed by atoms with E-state index in [-0.39, 0.29) is 37.7 Å². The number of amides is 2. The molecule has 3 rings (SSSR count). The molecular weight excluding hydrogens is 581 g/mol. The Bertz CT molecular complexity index is 1430. The molecule has 2 amide bonds. The predicted molar refractivity (Wildman–Crippen MR) is 167 cm³/mol. The lowest BCUT2D eigenvalue weighted by atomic mass is 10.0. The van der Waals surface area contributed by atoms with Crippen molar-refractivity contribution in [1.29, 1.82) is 0 Å². The van der Waals surface area contributed by atoms with Gasteiger partial charge in [-0.05, 0) is 60.7 Å². The average Bonchev–Trinajstić information content (AvgIpc) is 2.93. The van der Waals surface area contributed by atoms with Gasteiger partial charge in [-0.1, -0.05) is 78.7 Å². The summed E-state index contributed by atoms with van der Waals surface area (Å²) in [6.07, 6.45) is 2.52. The third kappa shape index (κ3) is 9.76. The molecule has 3 aromatic carbocycles. The van der Waals surface area contributed by atoms with Crippen LogP contribution in [-0.2, 0) is 32.6 Å². The van der Waals surface area contributed by atoms with Gasteiger partial charge in [0.1, 0.15) is 6.04 Å². The van der Waals surface area contributed by atoms with Crippen molar-refractivity contribution in [3.8, 4) is 0 Å². The number of hydrogen-bond donors (Lipinski definition) is 1. The highest BCUT2D eigenvalue weighted by molar-refractivity contribution is 7.92. The highest BCUT2D eigenvalue weighted by atomic mass is 35.5. The maximum Gasteiger partial charge on any atom is 0.243 e. The van der Waals surface area contributed by atoms with E-state index in [9.17, 15) is 18.0 Å². The maximum absolute atomic E-state index is 13.9. The molecule has 0 aromatic heterocycles. The molecular formula is C31H37Cl2N3O4S. The Balaban J connectivity index is 1.89. The molecule has 0 aliphatic rings. The topological polar surface area (TPSA) is 86.8 Å². The van der Waals surface area contributed by atoms with E-state index in [1.54, 1.807) is 41.3 Å². The Labute approximate surface area is 253 Å². The highest BCUT2D eigenvalue weighted by Crippen LogP contribution is 2.27. The van der Waals surface area contributed by atoms with Gasteiger partial charge in [0.05, 0.1) is 11.9 Å². The van der Waals surface area contributed by atoms with Crippen molar-refractivity contribution < 1.29 is 18.0 Å². The van der Waals surface area contributed by atoms with E-state index >= 15 is 0 Å². The van der Waals surface area contributed by atoms with Gasteiger partial charge in [-0.15, -0.1) is 0 Å². The predicted octanol–water partition coefficient (Wildman–Crippen LogP) is 6.01. The third-order valence-electron chi connectivity index (χ3n) is 6.65. The van der Waals surface area contributed by atoms with Gasteiger partial charge in [-0.2, -0.15) is 0 Å². The molecule has 0 heterocycles. The standard InChI is InChI=1S/C31H37Cl2N3O4S/c1-4-17-34-31(38)29(20-24-10-6-5-7-11-24)35(22-25-12-8-13-26(32)19-25)30(37)14-9-18-36(41(3,39)40)28-21-27(33)16-15-23(28)2/h5-8,10-13,15-16,19,21,29H,4,9,14,17-18,20,22H2,1-3H3,(H,34,38). The van der Waals surface area contributed by atoms with Gasteiger partial charge in [-0.25, -0.2) is 8.42 Å². The molecule has 7 nitrogen and oxygen atoms in total. The van der Waals surface area contributed by atoms with Crippen molar-refractivity contribution >= 4 is 50.7 Å². The molecule has 0 radical (unpaired) electrons. The van der Waals surface area contributed by atoms with Crippen molar-refractivity contribution in [3.05, 3.63) is 99.5 Å². The first-order valence-corrected chi connectivity index (χ1v) is 16.2. The lowest BCUT2D eigenvalue weighted by Crippen LogP contribution is -2.50. The van der Waals surface area contributed by atoms with Crippen LogP contribution in [0.1, 0.15) is 42.9 Å². The Morgan fingerprint density at radius 3 is 2.27 bits per heavy atom. The molecule has 1 N–H and O–H groups in total. The highest BCUT2D eigenvalue weighted by Gasteiger charge is 2.30. The first-order chi connectivity index (χ1) is 19.5. The van der Waals surface area contributed by atoms with Crippen molar-refractivity contribution in [3.63, 3.8) is 0 Å². The minimum atomic E-state index is -3.64.